The molecule has 18 heavy (non-hydrogen) atoms. The minimum atomic E-state index is 0.151. The number of nitrogens with zero attached hydrogens (tertiary/aromatic N) is 3. The summed E-state index contributed by atoms with van der Waals surface area (Å²) in [7, 11) is 1.71. The van der Waals surface area contributed by atoms with E-state index in [0.717, 1.165) is 38.1 Å². The van der Waals surface area contributed by atoms with E-state index in [0.29, 0.717) is 17.0 Å². The Labute approximate surface area is 105 Å². The number of aryl methyl sites for hydroxylation is 1. The van der Waals surface area contributed by atoms with Gasteiger partial charge in [-0.1, -0.05) is 6.42 Å². The summed E-state index contributed by atoms with van der Waals surface area (Å²) in [6.07, 6.45) is 4.07. The summed E-state index contributed by atoms with van der Waals surface area (Å²) in [5.41, 5.74) is 12.5. The molecule has 0 aliphatic carbocycles. The number of nitrogen functional groups attached to an aromatic ring is 2. The number of nitrogens with one attached hydrogen (secondary N) is 1. The van der Waals surface area contributed by atoms with E-state index in [2.05, 4.69) is 19.9 Å². The molecule has 0 aromatic carbocycles. The van der Waals surface area contributed by atoms with E-state index in [9.17, 15) is 0 Å². The van der Waals surface area contributed by atoms with Crippen LogP contribution in [-0.4, -0.2) is 33.7 Å². The van der Waals surface area contributed by atoms with E-state index in [1.165, 1.54) is 0 Å². The molecule has 0 fully saturated rings. The molecule has 0 unspecified atom stereocenters. The van der Waals surface area contributed by atoms with Crippen molar-refractivity contribution in [2.75, 3.05) is 25.2 Å². The summed E-state index contributed by atoms with van der Waals surface area (Å²) >= 11 is 0. The zero-order valence-electron chi connectivity index (χ0n) is 10.4. The van der Waals surface area contributed by atoms with E-state index in [4.69, 9.17) is 16.2 Å². The number of nitrogens with two attached hydrogens (primary N) is 2. The molecule has 7 nitrogen and oxygen atoms in total. The molecule has 0 saturated heterocycles. The van der Waals surface area contributed by atoms with Crippen LogP contribution in [0.3, 0.4) is 0 Å². The average molecular weight is 250 g/mol. The van der Waals surface area contributed by atoms with Gasteiger partial charge in [0.2, 0.25) is 5.95 Å². The second-order valence-corrected chi connectivity index (χ2v) is 4.15. The van der Waals surface area contributed by atoms with Crippen LogP contribution in [0.25, 0.3) is 11.2 Å². The summed E-state index contributed by atoms with van der Waals surface area (Å²) in [5.74, 6) is 1.36. The number of ether oxygens (including phenoxy) is 1. The third-order valence-electron chi connectivity index (χ3n) is 2.71. The fourth-order valence-corrected chi connectivity index (χ4v) is 1.82. The van der Waals surface area contributed by atoms with Crippen molar-refractivity contribution in [3.05, 3.63) is 5.82 Å². The van der Waals surface area contributed by atoms with Crippen LogP contribution in [0.1, 0.15) is 25.1 Å². The number of anilines is 2. The molecule has 0 bridgehead atoms. The number of unbranched alkanes of at least 4 members (excludes halogenated alkanes) is 2. The molecule has 0 spiro atoms. The first kappa shape index (κ1) is 12.6. The van der Waals surface area contributed by atoms with Crippen LogP contribution in [0.4, 0.5) is 11.8 Å². The zero-order valence-corrected chi connectivity index (χ0v) is 10.4. The van der Waals surface area contributed by atoms with E-state index in [-0.39, 0.29) is 5.95 Å². The van der Waals surface area contributed by atoms with Crippen LogP contribution >= 0.6 is 0 Å². The molecule has 2 heterocycles. The van der Waals surface area contributed by atoms with Gasteiger partial charge in [0.15, 0.2) is 11.5 Å². The molecule has 0 aliphatic heterocycles. The first-order chi connectivity index (χ1) is 8.70. The highest BCUT2D eigenvalue weighted by Crippen LogP contribution is 2.16. The Kier molecular flexibility index (Phi) is 3.93. The molecule has 2 rings (SSSR count). The molecule has 0 radical (unpaired) electrons. The van der Waals surface area contributed by atoms with E-state index >= 15 is 0 Å². The highest BCUT2D eigenvalue weighted by Gasteiger charge is 2.08. The van der Waals surface area contributed by atoms with Crippen molar-refractivity contribution in [1.29, 1.82) is 0 Å². The molecule has 7 heteroatoms. The Morgan fingerprint density at radius 3 is 2.72 bits per heavy atom. The van der Waals surface area contributed by atoms with E-state index in [1.807, 2.05) is 0 Å². The number of fused-ring (bicyclic) bond motifs is 1. The summed E-state index contributed by atoms with van der Waals surface area (Å²) in [6.45, 7) is 0.801. The van der Waals surface area contributed by atoms with Crippen LogP contribution in [0.15, 0.2) is 0 Å². The summed E-state index contributed by atoms with van der Waals surface area (Å²) in [6, 6.07) is 0. The molecule has 5 N–H and O–H groups in total. The van der Waals surface area contributed by atoms with Gasteiger partial charge < -0.3 is 21.2 Å². The highest BCUT2D eigenvalue weighted by atomic mass is 16.5. The van der Waals surface area contributed by atoms with Gasteiger partial charge in [0.1, 0.15) is 11.3 Å². The Morgan fingerprint density at radius 2 is 1.94 bits per heavy atom. The summed E-state index contributed by atoms with van der Waals surface area (Å²) < 4.78 is 5.00. The third kappa shape index (κ3) is 2.86. The van der Waals surface area contributed by atoms with Crippen molar-refractivity contribution >= 4 is 22.9 Å². The van der Waals surface area contributed by atoms with Gasteiger partial charge in [0, 0.05) is 20.1 Å². The topological polar surface area (TPSA) is 116 Å². The maximum absolute atomic E-state index is 5.75. The van der Waals surface area contributed by atoms with Crippen molar-refractivity contribution in [1.82, 2.24) is 19.9 Å². The maximum Gasteiger partial charge on any atom is 0.224 e. The van der Waals surface area contributed by atoms with Crippen LogP contribution in [-0.2, 0) is 11.2 Å². The molecular formula is C11H18N6O. The minimum Gasteiger partial charge on any atom is -0.385 e. The van der Waals surface area contributed by atoms with Gasteiger partial charge in [-0.25, -0.2) is 4.98 Å². The molecule has 0 aliphatic rings. The van der Waals surface area contributed by atoms with Crippen molar-refractivity contribution in [2.45, 2.75) is 25.7 Å². The fourth-order valence-electron chi connectivity index (χ4n) is 1.82. The van der Waals surface area contributed by atoms with Crippen LogP contribution < -0.4 is 11.5 Å². The molecule has 2 aromatic rings. The Morgan fingerprint density at radius 1 is 1.11 bits per heavy atom. The smallest absolute Gasteiger partial charge is 0.224 e. The number of aromatic nitrogens is 4. The van der Waals surface area contributed by atoms with Gasteiger partial charge in [-0.2, -0.15) is 9.97 Å². The van der Waals surface area contributed by atoms with Gasteiger partial charge in [-0.3, -0.25) is 0 Å². The first-order valence-electron chi connectivity index (χ1n) is 5.97. The summed E-state index contributed by atoms with van der Waals surface area (Å²) in [4.78, 5) is 15.4. The number of hydrogen-bond donors (Lipinski definition) is 3. The maximum atomic E-state index is 5.75. The highest BCUT2D eigenvalue weighted by molar-refractivity contribution is 5.82. The monoisotopic (exact) mass is 250 g/mol. The van der Waals surface area contributed by atoms with Crippen molar-refractivity contribution in [3.8, 4) is 0 Å². The quantitative estimate of drug-likeness (QED) is 0.655. The predicted octanol–water partition coefficient (Wildman–Crippen LogP) is 0.877. The van der Waals surface area contributed by atoms with Crippen molar-refractivity contribution in [3.63, 3.8) is 0 Å². The molecule has 0 saturated carbocycles. The minimum absolute atomic E-state index is 0.151. The largest absolute Gasteiger partial charge is 0.385 e. The Bertz CT molecular complexity index is 523. The lowest BCUT2D eigenvalue weighted by molar-refractivity contribution is 0.192. The number of methoxy groups -OCH3 is 1. The Hall–Kier alpha value is -1.89. The summed E-state index contributed by atoms with van der Waals surface area (Å²) in [5, 5.41) is 0. The number of hydrogen-bond acceptors (Lipinski definition) is 6. The SMILES string of the molecule is COCCCCCc1nc2nc(N)nc(N)c2[nH]1. The molecule has 0 amide bonds. The average Bonchev–Trinajstić information content (AvgIpc) is 2.72. The van der Waals surface area contributed by atoms with Gasteiger partial charge >= 0.3 is 0 Å². The number of H-pyrrole nitrogens is 1. The molecule has 0 atom stereocenters. The number of imidazole rings is 1. The van der Waals surface area contributed by atoms with E-state index in [1.54, 1.807) is 7.11 Å². The van der Waals surface area contributed by atoms with Gasteiger partial charge in [0.05, 0.1) is 0 Å². The van der Waals surface area contributed by atoms with E-state index < -0.39 is 0 Å². The van der Waals surface area contributed by atoms with Crippen LogP contribution in [0.5, 0.6) is 0 Å². The number of rotatable bonds is 6. The zero-order chi connectivity index (χ0) is 13.0. The Balaban J connectivity index is 2.00. The van der Waals surface area contributed by atoms with Crippen molar-refractivity contribution < 1.29 is 4.74 Å². The predicted molar refractivity (Wildman–Crippen MR) is 69.9 cm³/mol. The van der Waals surface area contributed by atoms with Gasteiger partial charge in [-0.15, -0.1) is 0 Å². The van der Waals surface area contributed by atoms with Gasteiger partial charge in [-0.05, 0) is 12.8 Å². The second kappa shape index (κ2) is 5.63. The molecule has 98 valence electrons. The lowest BCUT2D eigenvalue weighted by Gasteiger charge is -1.98. The van der Waals surface area contributed by atoms with Gasteiger partial charge in [0.25, 0.3) is 0 Å². The number of aromatic amines is 1. The lowest BCUT2D eigenvalue weighted by Crippen LogP contribution is -1.99. The standard InChI is InChI=1S/C11H18N6O/c1-18-6-4-2-3-5-7-14-8-9(12)16-11(13)17-10(8)15-7/h2-6H2,1H3,(H5,12,13,14,15,16,17). The first-order valence-corrected chi connectivity index (χ1v) is 5.97. The van der Waals surface area contributed by atoms with Crippen molar-refractivity contribution in [2.24, 2.45) is 0 Å². The van der Waals surface area contributed by atoms with Crippen LogP contribution in [0.2, 0.25) is 0 Å². The lowest BCUT2D eigenvalue weighted by atomic mass is 10.2. The molecule has 2 aromatic heterocycles. The van der Waals surface area contributed by atoms with Crippen LogP contribution in [0, 0.1) is 0 Å². The third-order valence-corrected chi connectivity index (χ3v) is 2.71. The fraction of sp³-hybridized carbons (Fsp3) is 0.545. The normalized spacial score (nSPS) is 11.2. The second-order valence-electron chi connectivity index (χ2n) is 4.15. The molecular weight excluding hydrogens is 232 g/mol.